The van der Waals surface area contributed by atoms with Gasteiger partial charge in [0.15, 0.2) is 5.82 Å². The summed E-state index contributed by atoms with van der Waals surface area (Å²) < 4.78 is 0. The Kier molecular flexibility index (Phi) is 5.20. The molecular formula is C23H18N6OS. The largest absolute Gasteiger partial charge is 0.337 e. The third-order valence-electron chi connectivity index (χ3n) is 4.74. The third kappa shape index (κ3) is 4.19. The second-order valence-electron chi connectivity index (χ2n) is 6.86. The van der Waals surface area contributed by atoms with Crippen molar-refractivity contribution in [2.75, 3.05) is 15.5 Å². The van der Waals surface area contributed by atoms with Crippen LogP contribution in [0.2, 0.25) is 0 Å². The number of benzene rings is 2. The van der Waals surface area contributed by atoms with Gasteiger partial charge in [-0.3, -0.25) is 9.88 Å². The lowest BCUT2D eigenvalue weighted by Crippen LogP contribution is -2.34. The molecule has 2 amide bonds. The van der Waals surface area contributed by atoms with Crippen molar-refractivity contribution < 1.29 is 4.79 Å². The number of fused-ring (bicyclic) bond motifs is 2. The van der Waals surface area contributed by atoms with Crippen molar-refractivity contribution in [3.05, 3.63) is 91.0 Å². The summed E-state index contributed by atoms with van der Waals surface area (Å²) in [4.78, 5) is 28.8. The van der Waals surface area contributed by atoms with Gasteiger partial charge in [0.2, 0.25) is 0 Å². The highest BCUT2D eigenvalue weighted by Crippen LogP contribution is 2.42. The molecule has 0 bridgehead atoms. The lowest BCUT2D eigenvalue weighted by atomic mass is 10.1. The summed E-state index contributed by atoms with van der Waals surface area (Å²) in [5.74, 6) is 0.739. The molecule has 8 heteroatoms. The first-order chi connectivity index (χ1) is 15.3. The Hall–Kier alpha value is -3.91. The van der Waals surface area contributed by atoms with Crippen molar-refractivity contribution in [3.63, 3.8) is 0 Å². The summed E-state index contributed by atoms with van der Waals surface area (Å²) in [5, 5.41) is 7.14. The number of urea groups is 1. The summed E-state index contributed by atoms with van der Waals surface area (Å²) in [6.07, 6.45) is 6.72. The molecule has 0 atom stereocenters. The molecule has 0 fully saturated rings. The summed E-state index contributed by atoms with van der Waals surface area (Å²) in [6.45, 7) is 0.386. The zero-order chi connectivity index (χ0) is 21.0. The molecule has 0 aliphatic carbocycles. The van der Waals surface area contributed by atoms with Crippen molar-refractivity contribution in [3.8, 4) is 0 Å². The highest BCUT2D eigenvalue weighted by molar-refractivity contribution is 7.99. The predicted molar refractivity (Wildman–Crippen MR) is 122 cm³/mol. The Morgan fingerprint density at radius 2 is 1.87 bits per heavy atom. The number of anilines is 4. The molecule has 1 aliphatic rings. The first-order valence-electron chi connectivity index (χ1n) is 9.69. The van der Waals surface area contributed by atoms with E-state index < -0.39 is 0 Å². The average molecular weight is 427 g/mol. The Morgan fingerprint density at radius 3 is 2.71 bits per heavy atom. The van der Waals surface area contributed by atoms with Crippen molar-refractivity contribution >= 4 is 40.7 Å². The van der Waals surface area contributed by atoms with Crippen LogP contribution in [0.1, 0.15) is 5.56 Å². The maximum atomic E-state index is 13.1. The number of para-hydroxylation sites is 1. The molecule has 0 saturated carbocycles. The smallest absolute Gasteiger partial charge is 0.326 e. The first-order valence-corrected chi connectivity index (χ1v) is 10.5. The van der Waals surface area contributed by atoms with E-state index in [2.05, 4.69) is 25.6 Å². The van der Waals surface area contributed by atoms with Crippen molar-refractivity contribution in [1.29, 1.82) is 0 Å². The lowest BCUT2D eigenvalue weighted by molar-refractivity contribution is 0.256. The third-order valence-corrected chi connectivity index (χ3v) is 5.80. The van der Waals surface area contributed by atoms with E-state index in [-0.39, 0.29) is 6.03 Å². The van der Waals surface area contributed by atoms with Crippen molar-refractivity contribution in [2.45, 2.75) is 16.5 Å². The van der Waals surface area contributed by atoms with Crippen LogP contribution in [0, 0.1) is 0 Å². The van der Waals surface area contributed by atoms with Crippen LogP contribution in [-0.4, -0.2) is 21.0 Å². The van der Waals surface area contributed by atoms with Gasteiger partial charge < -0.3 is 10.6 Å². The number of rotatable bonds is 4. The van der Waals surface area contributed by atoms with Crippen LogP contribution in [0.15, 0.2) is 95.4 Å². The summed E-state index contributed by atoms with van der Waals surface area (Å²) in [7, 11) is 0. The van der Waals surface area contributed by atoms with Crippen LogP contribution in [0.4, 0.5) is 27.7 Å². The molecule has 31 heavy (non-hydrogen) atoms. The van der Waals surface area contributed by atoms with E-state index >= 15 is 0 Å². The Bertz CT molecular complexity index is 1220. The van der Waals surface area contributed by atoms with E-state index in [0.717, 1.165) is 32.7 Å². The van der Waals surface area contributed by atoms with Crippen LogP contribution >= 0.6 is 11.8 Å². The molecule has 152 valence electrons. The number of carbonyl (C=O) groups excluding carboxylic acids is 1. The van der Waals surface area contributed by atoms with Gasteiger partial charge in [0, 0.05) is 29.2 Å². The molecule has 2 N–H and O–H groups in total. The molecule has 1 aliphatic heterocycles. The molecule has 2 aromatic carbocycles. The Morgan fingerprint density at radius 1 is 1.00 bits per heavy atom. The van der Waals surface area contributed by atoms with E-state index in [1.165, 1.54) is 0 Å². The SMILES string of the molecule is O=C(Nc1ccccc1)N(Cc1ccc2c(c1)Nc1nccnc1S2)c1cccnc1. The first kappa shape index (κ1) is 19.1. The van der Waals surface area contributed by atoms with Crippen LogP contribution in [0.5, 0.6) is 0 Å². The Labute approximate surface area is 183 Å². The molecule has 4 aromatic rings. The predicted octanol–water partition coefficient (Wildman–Crippen LogP) is 5.32. The van der Waals surface area contributed by atoms with Gasteiger partial charge in [-0.1, -0.05) is 36.0 Å². The summed E-state index contributed by atoms with van der Waals surface area (Å²) >= 11 is 1.58. The van der Waals surface area contributed by atoms with Gasteiger partial charge in [0.25, 0.3) is 0 Å². The maximum Gasteiger partial charge on any atom is 0.326 e. The van der Waals surface area contributed by atoms with Gasteiger partial charge in [-0.05, 0) is 42.0 Å². The van der Waals surface area contributed by atoms with Crippen LogP contribution in [-0.2, 0) is 6.54 Å². The molecule has 5 rings (SSSR count). The minimum atomic E-state index is -0.226. The van der Waals surface area contributed by atoms with E-state index in [9.17, 15) is 4.79 Å². The minimum absolute atomic E-state index is 0.226. The highest BCUT2D eigenvalue weighted by atomic mass is 32.2. The van der Waals surface area contributed by atoms with E-state index in [0.29, 0.717) is 12.2 Å². The lowest BCUT2D eigenvalue weighted by Gasteiger charge is -2.24. The van der Waals surface area contributed by atoms with Gasteiger partial charge in [-0.25, -0.2) is 14.8 Å². The number of nitrogens with zero attached hydrogens (tertiary/aromatic N) is 4. The van der Waals surface area contributed by atoms with E-state index in [1.54, 1.807) is 41.4 Å². The molecule has 0 saturated heterocycles. The van der Waals surface area contributed by atoms with Crippen LogP contribution in [0.25, 0.3) is 0 Å². The second-order valence-corrected chi connectivity index (χ2v) is 7.89. The quantitative estimate of drug-likeness (QED) is 0.405. The second kappa shape index (κ2) is 8.45. The number of nitrogens with one attached hydrogen (secondary N) is 2. The zero-order valence-electron chi connectivity index (χ0n) is 16.4. The normalized spacial score (nSPS) is 11.6. The molecular weight excluding hydrogens is 408 g/mol. The number of pyridine rings is 1. The summed E-state index contributed by atoms with van der Waals surface area (Å²) in [5.41, 5.74) is 3.38. The van der Waals surface area contributed by atoms with Gasteiger partial charge in [0.05, 0.1) is 24.1 Å². The molecule has 3 heterocycles. The standard InChI is InChI=1S/C23H18N6OS/c30-23(27-17-5-2-1-3-6-17)29(18-7-4-10-24-14-18)15-16-8-9-20-19(13-16)28-21-22(31-20)26-12-11-25-21/h1-14H,15H2,(H,25,28)(H,27,30). The van der Waals surface area contributed by atoms with E-state index in [1.807, 2.05) is 60.7 Å². The molecule has 0 unspecified atom stereocenters. The monoisotopic (exact) mass is 426 g/mol. The topological polar surface area (TPSA) is 83.0 Å². The Balaban J connectivity index is 1.41. The van der Waals surface area contributed by atoms with Crippen LogP contribution < -0.4 is 15.5 Å². The van der Waals surface area contributed by atoms with Gasteiger partial charge in [0.1, 0.15) is 5.03 Å². The number of amides is 2. The number of aromatic nitrogens is 3. The minimum Gasteiger partial charge on any atom is -0.337 e. The number of hydrogen-bond donors (Lipinski definition) is 2. The van der Waals surface area contributed by atoms with Crippen molar-refractivity contribution in [1.82, 2.24) is 15.0 Å². The number of hydrogen-bond acceptors (Lipinski definition) is 6. The molecule has 7 nitrogen and oxygen atoms in total. The molecule has 0 radical (unpaired) electrons. The van der Waals surface area contributed by atoms with Gasteiger partial charge >= 0.3 is 6.03 Å². The average Bonchev–Trinajstić information content (AvgIpc) is 2.82. The maximum absolute atomic E-state index is 13.1. The van der Waals surface area contributed by atoms with Gasteiger partial charge in [-0.15, -0.1) is 0 Å². The van der Waals surface area contributed by atoms with Gasteiger partial charge in [-0.2, -0.15) is 0 Å². The fourth-order valence-corrected chi connectivity index (χ4v) is 4.15. The van der Waals surface area contributed by atoms with Crippen molar-refractivity contribution in [2.24, 2.45) is 0 Å². The number of carbonyl (C=O) groups is 1. The van der Waals surface area contributed by atoms with E-state index in [4.69, 9.17) is 0 Å². The molecule has 0 spiro atoms. The van der Waals surface area contributed by atoms with Crippen LogP contribution in [0.3, 0.4) is 0 Å². The summed E-state index contributed by atoms with van der Waals surface area (Å²) in [6, 6.07) is 19.0. The zero-order valence-corrected chi connectivity index (χ0v) is 17.2. The molecule has 2 aromatic heterocycles. The fraction of sp³-hybridized carbons (Fsp3) is 0.0435. The fourth-order valence-electron chi connectivity index (χ4n) is 3.27. The highest BCUT2D eigenvalue weighted by Gasteiger charge is 2.20.